The molecule has 116 valence electrons. The van der Waals surface area contributed by atoms with Crippen molar-refractivity contribution in [2.75, 3.05) is 6.61 Å². The first-order valence-corrected chi connectivity index (χ1v) is 7.59. The molecule has 0 bridgehead atoms. The topological polar surface area (TPSA) is 88.3 Å². The lowest BCUT2D eigenvalue weighted by atomic mass is 9.90. The van der Waals surface area contributed by atoms with E-state index in [1.54, 1.807) is 31.2 Å². The zero-order valence-corrected chi connectivity index (χ0v) is 13.5. The number of carbonyl (C=O) groups is 2. The number of azo groups is 1. The van der Waals surface area contributed by atoms with Gasteiger partial charge in [0, 0.05) is 17.3 Å². The van der Waals surface area contributed by atoms with E-state index < -0.39 is 17.7 Å². The largest absolute Gasteiger partial charge is 0.510 e. The number of aliphatic hydroxyl groups excluding tert-OH is 1. The number of rotatable bonds is 4. The number of allylic oxidation sites excluding steroid dienone is 2. The number of carbonyl (C=O) groups excluding carboxylic acids is 2. The highest BCUT2D eigenvalue weighted by Gasteiger charge is 2.33. The van der Waals surface area contributed by atoms with E-state index in [1.807, 2.05) is 0 Å². The summed E-state index contributed by atoms with van der Waals surface area (Å²) in [5.74, 6) is -1.77. The van der Waals surface area contributed by atoms with Crippen LogP contribution in [0, 0.1) is 5.92 Å². The van der Waals surface area contributed by atoms with Crippen LogP contribution in [0.3, 0.4) is 0 Å². The molecule has 0 saturated heterocycles. The average molecular weight is 367 g/mol. The zero-order chi connectivity index (χ0) is 16.1. The van der Waals surface area contributed by atoms with E-state index in [-0.39, 0.29) is 30.9 Å². The summed E-state index contributed by atoms with van der Waals surface area (Å²) < 4.78 is 5.77. The summed E-state index contributed by atoms with van der Waals surface area (Å²) in [6, 6.07) is 7.03. The summed E-state index contributed by atoms with van der Waals surface area (Å²) in [7, 11) is 0. The van der Waals surface area contributed by atoms with Crippen molar-refractivity contribution in [3.8, 4) is 0 Å². The number of nitrogens with zero attached hydrogens (tertiary/aromatic N) is 2. The SMILES string of the molecule is CCOC(=O)C1CC(=O)C(/N=N/c2ccc(Br)cc2)=C(O)C1. The lowest BCUT2D eigenvalue weighted by Gasteiger charge is -2.19. The van der Waals surface area contributed by atoms with Crippen LogP contribution in [0.5, 0.6) is 0 Å². The van der Waals surface area contributed by atoms with Crippen molar-refractivity contribution in [1.82, 2.24) is 0 Å². The predicted molar refractivity (Wildman–Crippen MR) is 82.7 cm³/mol. The fourth-order valence-corrected chi connectivity index (χ4v) is 2.30. The molecular weight excluding hydrogens is 352 g/mol. The first-order valence-electron chi connectivity index (χ1n) is 6.80. The fraction of sp³-hybridized carbons (Fsp3) is 0.333. The molecule has 1 unspecified atom stereocenters. The minimum absolute atomic E-state index is 0.0302. The quantitative estimate of drug-likeness (QED) is 0.647. The number of esters is 1. The summed E-state index contributed by atoms with van der Waals surface area (Å²) in [5, 5.41) is 17.7. The van der Waals surface area contributed by atoms with E-state index in [2.05, 4.69) is 26.2 Å². The highest BCUT2D eigenvalue weighted by molar-refractivity contribution is 9.10. The number of benzene rings is 1. The molecule has 0 aliphatic heterocycles. The first kappa shape index (κ1) is 16.4. The van der Waals surface area contributed by atoms with Crippen molar-refractivity contribution in [3.63, 3.8) is 0 Å². The van der Waals surface area contributed by atoms with Crippen molar-refractivity contribution < 1.29 is 19.4 Å². The van der Waals surface area contributed by atoms with Crippen LogP contribution in [0.1, 0.15) is 19.8 Å². The molecule has 6 nitrogen and oxygen atoms in total. The van der Waals surface area contributed by atoms with Crippen LogP contribution < -0.4 is 0 Å². The normalized spacial score (nSPS) is 18.8. The summed E-state index contributed by atoms with van der Waals surface area (Å²) in [6.45, 7) is 1.93. The number of hydrogen-bond donors (Lipinski definition) is 1. The Morgan fingerprint density at radius 3 is 2.59 bits per heavy atom. The summed E-state index contributed by atoms with van der Waals surface area (Å²) in [5.41, 5.74) is 0.465. The van der Waals surface area contributed by atoms with Crippen LogP contribution in [-0.4, -0.2) is 23.5 Å². The standard InChI is InChI=1S/C15H15BrN2O4/c1-2-22-15(21)9-7-12(19)14(13(20)8-9)18-17-11-5-3-10(16)4-6-11/h3-6,9,19H,2,7-8H2,1H3/b18-17+. The van der Waals surface area contributed by atoms with E-state index in [0.29, 0.717) is 5.69 Å². The molecule has 22 heavy (non-hydrogen) atoms. The Balaban J connectivity index is 2.13. The van der Waals surface area contributed by atoms with Gasteiger partial charge in [-0.15, -0.1) is 5.11 Å². The van der Waals surface area contributed by atoms with Crippen LogP contribution in [0.2, 0.25) is 0 Å². The molecule has 0 fully saturated rings. The molecule has 1 aromatic rings. The summed E-state index contributed by atoms with van der Waals surface area (Å²) in [4.78, 5) is 23.7. The van der Waals surface area contributed by atoms with Gasteiger partial charge in [0.2, 0.25) is 0 Å². The third-order valence-electron chi connectivity index (χ3n) is 3.12. The van der Waals surface area contributed by atoms with Gasteiger partial charge in [0.1, 0.15) is 5.76 Å². The van der Waals surface area contributed by atoms with Crippen LogP contribution >= 0.6 is 15.9 Å². The van der Waals surface area contributed by atoms with E-state index >= 15 is 0 Å². The molecule has 0 amide bonds. The van der Waals surface area contributed by atoms with Crippen molar-refractivity contribution in [2.45, 2.75) is 19.8 Å². The Labute approximate surface area is 136 Å². The number of halogens is 1. The maximum Gasteiger partial charge on any atom is 0.309 e. The van der Waals surface area contributed by atoms with Gasteiger partial charge in [-0.2, -0.15) is 5.11 Å². The van der Waals surface area contributed by atoms with Gasteiger partial charge in [0.25, 0.3) is 0 Å². The van der Waals surface area contributed by atoms with Gasteiger partial charge in [0.15, 0.2) is 11.5 Å². The smallest absolute Gasteiger partial charge is 0.309 e. The summed E-state index contributed by atoms with van der Waals surface area (Å²) >= 11 is 3.31. The van der Waals surface area contributed by atoms with Crippen LogP contribution in [-0.2, 0) is 14.3 Å². The van der Waals surface area contributed by atoms with Gasteiger partial charge in [-0.3, -0.25) is 9.59 Å². The average Bonchev–Trinajstić information content (AvgIpc) is 2.48. The summed E-state index contributed by atoms with van der Waals surface area (Å²) in [6.07, 6.45) is 0.0108. The second kappa shape index (κ2) is 7.31. The van der Waals surface area contributed by atoms with Gasteiger partial charge < -0.3 is 9.84 Å². The Morgan fingerprint density at radius 1 is 1.32 bits per heavy atom. The van der Waals surface area contributed by atoms with E-state index in [4.69, 9.17) is 4.74 Å². The third-order valence-corrected chi connectivity index (χ3v) is 3.65. The second-order valence-corrected chi connectivity index (χ2v) is 5.67. The van der Waals surface area contributed by atoms with Crippen molar-refractivity contribution in [1.29, 1.82) is 0 Å². The maximum atomic E-state index is 12.0. The van der Waals surface area contributed by atoms with Gasteiger partial charge in [-0.05, 0) is 31.2 Å². The van der Waals surface area contributed by atoms with Crippen LogP contribution in [0.25, 0.3) is 0 Å². The van der Waals surface area contributed by atoms with Gasteiger partial charge in [-0.1, -0.05) is 15.9 Å². The number of Topliss-reactive ketones (excluding diaryl/α,β-unsaturated/α-hetero) is 1. The molecular formula is C15H15BrN2O4. The minimum Gasteiger partial charge on any atom is -0.510 e. The number of hydrogen-bond acceptors (Lipinski definition) is 6. The van der Waals surface area contributed by atoms with Crippen molar-refractivity contribution in [3.05, 3.63) is 40.2 Å². The second-order valence-electron chi connectivity index (χ2n) is 4.75. The molecule has 1 aromatic carbocycles. The minimum atomic E-state index is -0.654. The van der Waals surface area contributed by atoms with E-state index in [9.17, 15) is 14.7 Å². The lowest BCUT2D eigenvalue weighted by Crippen LogP contribution is -2.26. The Hall–Kier alpha value is -2.02. The zero-order valence-electron chi connectivity index (χ0n) is 12.0. The number of ketones is 1. The van der Waals surface area contributed by atoms with Crippen molar-refractivity contribution in [2.24, 2.45) is 16.1 Å². The molecule has 0 saturated carbocycles. The molecule has 2 rings (SSSR count). The molecule has 7 heteroatoms. The van der Waals surface area contributed by atoms with Crippen LogP contribution in [0.4, 0.5) is 5.69 Å². The molecule has 0 aromatic heterocycles. The molecule has 0 radical (unpaired) electrons. The fourth-order valence-electron chi connectivity index (χ4n) is 2.04. The van der Waals surface area contributed by atoms with Crippen LogP contribution in [0.15, 0.2) is 50.4 Å². The highest BCUT2D eigenvalue weighted by atomic mass is 79.9. The number of aliphatic hydroxyl groups is 1. The molecule has 1 aliphatic carbocycles. The Bertz CT molecular complexity index is 637. The highest BCUT2D eigenvalue weighted by Crippen LogP contribution is 2.28. The Kier molecular flexibility index (Phi) is 5.43. The molecule has 0 heterocycles. The predicted octanol–water partition coefficient (Wildman–Crippen LogP) is 3.84. The van der Waals surface area contributed by atoms with E-state index in [1.165, 1.54) is 0 Å². The first-order chi connectivity index (χ1) is 10.5. The molecule has 0 spiro atoms. The number of ether oxygens (including phenoxy) is 1. The van der Waals surface area contributed by atoms with Crippen molar-refractivity contribution >= 4 is 33.4 Å². The van der Waals surface area contributed by atoms with Gasteiger partial charge in [-0.25, -0.2) is 0 Å². The lowest BCUT2D eigenvalue weighted by molar-refractivity contribution is -0.150. The monoisotopic (exact) mass is 366 g/mol. The Morgan fingerprint density at radius 2 is 2.00 bits per heavy atom. The third kappa shape index (κ3) is 4.00. The molecule has 1 aliphatic rings. The molecule has 1 N–H and O–H groups in total. The van der Waals surface area contributed by atoms with Gasteiger partial charge >= 0.3 is 5.97 Å². The van der Waals surface area contributed by atoms with Gasteiger partial charge in [0.05, 0.1) is 18.2 Å². The van der Waals surface area contributed by atoms with E-state index in [0.717, 1.165) is 4.47 Å². The molecule has 1 atom stereocenters. The maximum absolute atomic E-state index is 12.0.